The van der Waals surface area contributed by atoms with Gasteiger partial charge in [0.1, 0.15) is 5.75 Å². The zero-order valence-electron chi connectivity index (χ0n) is 9.62. The molecular formula is C13H9N3O2. The number of aryl methyl sites for hydroxylation is 1. The maximum absolute atomic E-state index is 10.5. The number of carbonyl (C=O) groups excluding carboxylic acids is 1. The summed E-state index contributed by atoms with van der Waals surface area (Å²) in [6, 6.07) is 7.28. The summed E-state index contributed by atoms with van der Waals surface area (Å²) in [6.07, 6.45) is 3.41. The van der Waals surface area contributed by atoms with Crippen molar-refractivity contribution in [3.8, 4) is 17.8 Å². The van der Waals surface area contributed by atoms with E-state index in [1.54, 1.807) is 18.2 Å². The standard InChI is InChI=1S/C13H9N3O2/c1-9-2-3-10(5-14)4-12(9)18-13-15-6-11(8-17)7-16-13/h2-4,6-8H,1H3. The van der Waals surface area contributed by atoms with Crippen molar-refractivity contribution in [1.82, 2.24) is 9.97 Å². The molecule has 88 valence electrons. The summed E-state index contributed by atoms with van der Waals surface area (Å²) in [5.41, 5.74) is 1.75. The summed E-state index contributed by atoms with van der Waals surface area (Å²) in [4.78, 5) is 18.2. The lowest BCUT2D eigenvalue weighted by Crippen LogP contribution is -1.95. The molecule has 0 amide bonds. The number of ether oxygens (including phenoxy) is 1. The van der Waals surface area contributed by atoms with Gasteiger partial charge in [0, 0.05) is 12.4 Å². The monoisotopic (exact) mass is 239 g/mol. The molecule has 0 aliphatic rings. The van der Waals surface area contributed by atoms with E-state index >= 15 is 0 Å². The van der Waals surface area contributed by atoms with Crippen LogP contribution in [0.3, 0.4) is 0 Å². The molecule has 18 heavy (non-hydrogen) atoms. The van der Waals surface area contributed by atoms with Crippen molar-refractivity contribution in [2.75, 3.05) is 0 Å². The lowest BCUT2D eigenvalue weighted by molar-refractivity contribution is 0.112. The summed E-state index contributed by atoms with van der Waals surface area (Å²) in [5, 5.41) is 8.81. The molecule has 0 N–H and O–H groups in total. The molecule has 5 nitrogen and oxygen atoms in total. The fourth-order valence-electron chi connectivity index (χ4n) is 1.32. The average molecular weight is 239 g/mol. The highest BCUT2D eigenvalue weighted by atomic mass is 16.5. The van der Waals surface area contributed by atoms with Gasteiger partial charge in [-0.15, -0.1) is 0 Å². The van der Waals surface area contributed by atoms with Crippen LogP contribution in [0.4, 0.5) is 0 Å². The predicted molar refractivity (Wildman–Crippen MR) is 63.4 cm³/mol. The molecule has 1 aromatic heterocycles. The van der Waals surface area contributed by atoms with Crippen LogP contribution in [0.5, 0.6) is 11.8 Å². The smallest absolute Gasteiger partial charge is 0.321 e. The zero-order valence-corrected chi connectivity index (χ0v) is 9.62. The number of aldehydes is 1. The van der Waals surface area contributed by atoms with Gasteiger partial charge in [0.2, 0.25) is 0 Å². The Hall–Kier alpha value is -2.74. The fourth-order valence-corrected chi connectivity index (χ4v) is 1.32. The van der Waals surface area contributed by atoms with Crippen molar-refractivity contribution in [2.24, 2.45) is 0 Å². The van der Waals surface area contributed by atoms with E-state index in [0.717, 1.165) is 5.56 Å². The van der Waals surface area contributed by atoms with Gasteiger partial charge in [-0.25, -0.2) is 9.97 Å². The minimum atomic E-state index is 0.138. The Morgan fingerprint density at radius 1 is 1.33 bits per heavy atom. The SMILES string of the molecule is Cc1ccc(C#N)cc1Oc1ncc(C=O)cn1. The maximum atomic E-state index is 10.5. The number of aromatic nitrogens is 2. The molecule has 2 aromatic rings. The van der Waals surface area contributed by atoms with E-state index in [2.05, 4.69) is 9.97 Å². The molecular weight excluding hydrogens is 230 g/mol. The van der Waals surface area contributed by atoms with E-state index in [-0.39, 0.29) is 6.01 Å². The second-order valence-electron chi connectivity index (χ2n) is 3.61. The van der Waals surface area contributed by atoms with Crippen molar-refractivity contribution < 1.29 is 9.53 Å². The Balaban J connectivity index is 2.27. The lowest BCUT2D eigenvalue weighted by atomic mass is 10.1. The number of hydrogen-bond acceptors (Lipinski definition) is 5. The molecule has 0 atom stereocenters. The van der Waals surface area contributed by atoms with Gasteiger partial charge in [-0.2, -0.15) is 5.26 Å². The first-order valence-corrected chi connectivity index (χ1v) is 5.19. The molecule has 0 aliphatic heterocycles. The van der Waals surface area contributed by atoms with Crippen molar-refractivity contribution in [3.63, 3.8) is 0 Å². The highest BCUT2D eigenvalue weighted by Gasteiger charge is 2.05. The van der Waals surface area contributed by atoms with Gasteiger partial charge in [-0.05, 0) is 24.6 Å². The Morgan fingerprint density at radius 2 is 2.06 bits per heavy atom. The maximum Gasteiger partial charge on any atom is 0.321 e. The summed E-state index contributed by atoms with van der Waals surface area (Å²) in [7, 11) is 0. The van der Waals surface area contributed by atoms with Gasteiger partial charge in [0.15, 0.2) is 6.29 Å². The van der Waals surface area contributed by atoms with E-state index in [0.29, 0.717) is 23.2 Å². The largest absolute Gasteiger partial charge is 0.424 e. The van der Waals surface area contributed by atoms with Gasteiger partial charge in [0.25, 0.3) is 0 Å². The highest BCUT2D eigenvalue weighted by molar-refractivity contribution is 5.73. The predicted octanol–water partition coefficient (Wildman–Crippen LogP) is 2.26. The first-order chi connectivity index (χ1) is 8.72. The summed E-state index contributed by atoms with van der Waals surface area (Å²) in [6.45, 7) is 1.86. The van der Waals surface area contributed by atoms with Crippen LogP contribution in [0.25, 0.3) is 0 Å². The number of nitrogens with zero attached hydrogens (tertiary/aromatic N) is 3. The molecule has 0 aliphatic carbocycles. The first-order valence-electron chi connectivity index (χ1n) is 5.19. The van der Waals surface area contributed by atoms with E-state index < -0.39 is 0 Å². The van der Waals surface area contributed by atoms with Crippen LogP contribution in [0.2, 0.25) is 0 Å². The Bertz CT molecular complexity index is 615. The van der Waals surface area contributed by atoms with Gasteiger partial charge in [-0.1, -0.05) is 6.07 Å². The number of rotatable bonds is 3. The molecule has 2 rings (SSSR count). The Kier molecular flexibility index (Phi) is 3.30. The van der Waals surface area contributed by atoms with Gasteiger partial charge in [0.05, 0.1) is 17.2 Å². The molecule has 5 heteroatoms. The third kappa shape index (κ3) is 2.50. The summed E-state index contributed by atoms with van der Waals surface area (Å²) < 4.78 is 5.46. The van der Waals surface area contributed by atoms with Crippen LogP contribution in [0.15, 0.2) is 30.6 Å². The molecule has 1 heterocycles. The second-order valence-corrected chi connectivity index (χ2v) is 3.61. The summed E-state index contributed by atoms with van der Waals surface area (Å²) in [5.74, 6) is 0.521. The molecule has 0 saturated heterocycles. The number of benzene rings is 1. The third-order valence-corrected chi connectivity index (χ3v) is 2.30. The van der Waals surface area contributed by atoms with Crippen LogP contribution in [0, 0.1) is 18.3 Å². The summed E-state index contributed by atoms with van der Waals surface area (Å²) >= 11 is 0. The number of hydrogen-bond donors (Lipinski definition) is 0. The van der Waals surface area contributed by atoms with E-state index in [4.69, 9.17) is 10.00 Å². The van der Waals surface area contributed by atoms with Crippen LogP contribution >= 0.6 is 0 Å². The molecule has 0 radical (unpaired) electrons. The average Bonchev–Trinajstić information content (AvgIpc) is 2.42. The number of carbonyl (C=O) groups is 1. The molecule has 0 fully saturated rings. The zero-order chi connectivity index (χ0) is 13.0. The fraction of sp³-hybridized carbons (Fsp3) is 0.0769. The molecule has 1 aromatic carbocycles. The van der Waals surface area contributed by atoms with Gasteiger partial charge < -0.3 is 4.74 Å². The first kappa shape index (κ1) is 11.7. The minimum Gasteiger partial charge on any atom is -0.424 e. The number of nitriles is 1. The van der Waals surface area contributed by atoms with Crippen LogP contribution in [-0.4, -0.2) is 16.3 Å². The van der Waals surface area contributed by atoms with E-state index in [9.17, 15) is 4.79 Å². The van der Waals surface area contributed by atoms with Crippen LogP contribution < -0.4 is 4.74 Å². The molecule has 0 spiro atoms. The highest BCUT2D eigenvalue weighted by Crippen LogP contribution is 2.23. The van der Waals surface area contributed by atoms with Crippen molar-refractivity contribution in [2.45, 2.75) is 6.92 Å². The quantitative estimate of drug-likeness (QED) is 0.768. The van der Waals surface area contributed by atoms with Crippen LogP contribution in [-0.2, 0) is 0 Å². The van der Waals surface area contributed by atoms with Crippen molar-refractivity contribution >= 4 is 6.29 Å². The van der Waals surface area contributed by atoms with Gasteiger partial charge >= 0.3 is 6.01 Å². The minimum absolute atomic E-state index is 0.138. The topological polar surface area (TPSA) is 75.9 Å². The van der Waals surface area contributed by atoms with Crippen molar-refractivity contribution in [1.29, 1.82) is 5.26 Å². The van der Waals surface area contributed by atoms with Crippen molar-refractivity contribution in [3.05, 3.63) is 47.3 Å². The van der Waals surface area contributed by atoms with E-state index in [1.165, 1.54) is 12.4 Å². The molecule has 0 bridgehead atoms. The van der Waals surface area contributed by atoms with E-state index in [1.807, 2.05) is 13.0 Å². The van der Waals surface area contributed by atoms with Crippen LogP contribution in [0.1, 0.15) is 21.5 Å². The lowest BCUT2D eigenvalue weighted by Gasteiger charge is -2.06. The Morgan fingerprint density at radius 3 is 2.67 bits per heavy atom. The second kappa shape index (κ2) is 5.06. The third-order valence-electron chi connectivity index (χ3n) is 2.30. The molecule has 0 unspecified atom stereocenters. The Labute approximate surface area is 104 Å². The van der Waals surface area contributed by atoms with Gasteiger partial charge in [-0.3, -0.25) is 4.79 Å². The normalized spacial score (nSPS) is 9.56. The molecule has 0 saturated carbocycles.